The van der Waals surface area contributed by atoms with E-state index in [1.165, 1.54) is 17.7 Å². The summed E-state index contributed by atoms with van der Waals surface area (Å²) in [5.41, 5.74) is 6.28. The van der Waals surface area contributed by atoms with Crippen LogP contribution in [0.1, 0.15) is 57.4 Å². The first-order valence-electron chi connectivity index (χ1n) is 24.3. The molecule has 0 bridgehead atoms. The minimum absolute atomic E-state index is 0.247. The van der Waals surface area contributed by atoms with Crippen molar-refractivity contribution in [2.24, 2.45) is 5.92 Å². The average molecular weight is 1030 g/mol. The number of hydrogen-bond acceptors (Lipinski definition) is 15. The standard InChI is InChI=1S/C50H63BrFN12O4P/c1-5-33-28-42(58-50-55-31-36(51)48(60-50)57-40-9-8-39-46(54-18-17-53-39)47(40)69(3,4)67)44(68-2)30-43(33)64-22-15-34(16-23-64)63-26-24-61(25-27-63)19-12-32-13-20-62(21-14-32)35-6-7-38(37(52)29-35)56-41-10-11-45(65)59-49(41)66/h6-9,17-18,28-32,34,41,56H,5,10-16,19-27H2,1-4H3,(H,59,65,66)(H2,55,57,58,60). The van der Waals surface area contributed by atoms with E-state index >= 15 is 4.39 Å². The van der Waals surface area contributed by atoms with Crippen LogP contribution in [0.15, 0.2) is 65.5 Å². The third-order valence-corrected chi connectivity index (χ3v) is 16.4. The van der Waals surface area contributed by atoms with Gasteiger partial charge in [0.05, 0.1) is 39.5 Å². The largest absolute Gasteiger partial charge is 0.494 e. The monoisotopic (exact) mass is 1020 g/mol. The molecule has 366 valence electrons. The Kier molecular flexibility index (Phi) is 15.0. The summed E-state index contributed by atoms with van der Waals surface area (Å²) in [5, 5.41) is 12.7. The molecule has 1 atom stereocenters. The molecular weight excluding hydrogens is 963 g/mol. The predicted octanol–water partition coefficient (Wildman–Crippen LogP) is 7.74. The zero-order chi connectivity index (χ0) is 48.2. The number of carbonyl (C=O) groups excluding carboxylic acids is 2. The van der Waals surface area contributed by atoms with Crippen LogP contribution in [-0.2, 0) is 20.6 Å². The van der Waals surface area contributed by atoms with Crippen molar-refractivity contribution in [3.8, 4) is 5.75 Å². The summed E-state index contributed by atoms with van der Waals surface area (Å²) in [6.07, 6.45) is 12.0. The predicted molar refractivity (Wildman–Crippen MR) is 276 cm³/mol. The molecule has 4 N–H and O–H groups in total. The van der Waals surface area contributed by atoms with Gasteiger partial charge in [0, 0.05) is 101 Å². The Hall–Kier alpha value is -5.42. The summed E-state index contributed by atoms with van der Waals surface area (Å²) in [4.78, 5) is 52.1. The maximum atomic E-state index is 15.1. The lowest BCUT2D eigenvalue weighted by atomic mass is 9.93. The number of nitrogens with zero attached hydrogens (tertiary/aromatic N) is 8. The normalized spacial score (nSPS) is 19.2. The molecule has 69 heavy (non-hydrogen) atoms. The zero-order valence-corrected chi connectivity index (χ0v) is 42.4. The second-order valence-corrected chi connectivity index (χ2v) is 23.0. The van der Waals surface area contributed by atoms with Crippen LogP contribution in [0.3, 0.4) is 0 Å². The number of ether oxygens (including phenoxy) is 1. The third kappa shape index (κ3) is 11.3. The number of rotatable bonds is 15. The van der Waals surface area contributed by atoms with Crippen molar-refractivity contribution in [1.29, 1.82) is 0 Å². The van der Waals surface area contributed by atoms with Crippen LogP contribution in [0.5, 0.6) is 5.75 Å². The van der Waals surface area contributed by atoms with E-state index in [1.807, 2.05) is 18.2 Å². The fourth-order valence-corrected chi connectivity index (χ4v) is 12.1. The van der Waals surface area contributed by atoms with Gasteiger partial charge in [-0.2, -0.15) is 4.98 Å². The Bertz CT molecular complexity index is 2720. The Morgan fingerprint density at radius 1 is 0.855 bits per heavy atom. The van der Waals surface area contributed by atoms with E-state index < -0.39 is 19.1 Å². The smallest absolute Gasteiger partial charge is 0.249 e. The Morgan fingerprint density at radius 2 is 1.59 bits per heavy atom. The maximum absolute atomic E-state index is 15.1. The molecule has 3 aromatic carbocycles. The molecule has 6 heterocycles. The molecule has 4 fully saturated rings. The summed E-state index contributed by atoms with van der Waals surface area (Å²) in [6, 6.07) is 13.2. The molecule has 9 rings (SSSR count). The summed E-state index contributed by atoms with van der Waals surface area (Å²) < 4.78 is 35.3. The molecule has 4 aliphatic heterocycles. The first-order chi connectivity index (χ1) is 33.3. The first-order valence-corrected chi connectivity index (χ1v) is 27.7. The second kappa shape index (κ2) is 21.3. The average Bonchev–Trinajstić information content (AvgIpc) is 3.35. The van der Waals surface area contributed by atoms with E-state index in [0.29, 0.717) is 62.4 Å². The van der Waals surface area contributed by atoms with Crippen molar-refractivity contribution >= 4 is 91.4 Å². The van der Waals surface area contributed by atoms with E-state index in [9.17, 15) is 14.2 Å². The summed E-state index contributed by atoms with van der Waals surface area (Å²) in [7, 11) is -1.08. The summed E-state index contributed by atoms with van der Waals surface area (Å²) >= 11 is 3.61. The van der Waals surface area contributed by atoms with Crippen molar-refractivity contribution in [2.75, 3.05) is 105 Å². The van der Waals surface area contributed by atoms with Crippen LogP contribution in [0.4, 0.5) is 44.6 Å². The molecule has 2 amide bonds. The number of methoxy groups -OCH3 is 1. The fourth-order valence-electron chi connectivity index (χ4n) is 10.4. The van der Waals surface area contributed by atoms with Crippen LogP contribution in [0, 0.1) is 11.7 Å². The van der Waals surface area contributed by atoms with Crippen molar-refractivity contribution in [3.63, 3.8) is 0 Å². The zero-order valence-electron chi connectivity index (χ0n) is 39.9. The van der Waals surface area contributed by atoms with Gasteiger partial charge >= 0.3 is 0 Å². The van der Waals surface area contributed by atoms with Gasteiger partial charge in [-0.3, -0.25) is 29.8 Å². The number of benzene rings is 3. The quantitative estimate of drug-likeness (QED) is 0.0592. The van der Waals surface area contributed by atoms with Crippen molar-refractivity contribution < 1.29 is 23.3 Å². The number of piperidine rings is 3. The van der Waals surface area contributed by atoms with Gasteiger partial charge in [0.1, 0.15) is 36.1 Å². The highest BCUT2D eigenvalue weighted by Gasteiger charge is 2.31. The molecular formula is C50H63BrFN12O4P. The lowest BCUT2D eigenvalue weighted by Crippen LogP contribution is -2.53. The van der Waals surface area contributed by atoms with Gasteiger partial charge in [0.15, 0.2) is 0 Å². The number of anilines is 7. The number of aromatic nitrogens is 4. The van der Waals surface area contributed by atoms with E-state index in [-0.39, 0.29) is 23.8 Å². The van der Waals surface area contributed by atoms with Gasteiger partial charge < -0.3 is 40.0 Å². The highest BCUT2D eigenvalue weighted by molar-refractivity contribution is 9.10. The Labute approximate surface area is 412 Å². The summed E-state index contributed by atoms with van der Waals surface area (Å²) in [6.45, 7) is 14.9. The number of fused-ring (bicyclic) bond motifs is 1. The molecule has 5 aromatic rings. The maximum Gasteiger partial charge on any atom is 0.249 e. The molecule has 2 aromatic heterocycles. The number of amides is 2. The van der Waals surface area contributed by atoms with Crippen LogP contribution in [0.25, 0.3) is 11.0 Å². The third-order valence-electron chi connectivity index (χ3n) is 14.3. The van der Waals surface area contributed by atoms with E-state index in [1.54, 1.807) is 51.2 Å². The fraction of sp³-hybridized carbons (Fsp3) is 0.480. The first kappa shape index (κ1) is 48.6. The highest BCUT2D eigenvalue weighted by Crippen LogP contribution is 2.42. The number of hydrogen-bond donors (Lipinski definition) is 4. The Balaban J connectivity index is 0.739. The van der Waals surface area contributed by atoms with Gasteiger partial charge in [0.2, 0.25) is 17.8 Å². The molecule has 4 saturated heterocycles. The minimum atomic E-state index is -2.77. The molecule has 16 nitrogen and oxygen atoms in total. The minimum Gasteiger partial charge on any atom is -0.494 e. The van der Waals surface area contributed by atoms with Gasteiger partial charge in [-0.1, -0.05) is 6.92 Å². The van der Waals surface area contributed by atoms with Crippen molar-refractivity contribution in [3.05, 3.63) is 76.9 Å². The number of halogens is 2. The number of aryl methyl sites for hydroxylation is 1. The molecule has 4 aliphatic rings. The lowest BCUT2D eigenvalue weighted by Gasteiger charge is -2.44. The number of nitrogens with one attached hydrogen (secondary N) is 4. The lowest BCUT2D eigenvalue weighted by molar-refractivity contribution is -0.133. The molecule has 0 saturated carbocycles. The van der Waals surface area contributed by atoms with Crippen LogP contribution in [0.2, 0.25) is 0 Å². The number of carbonyl (C=O) groups is 2. The van der Waals surface area contributed by atoms with Gasteiger partial charge in [0.25, 0.3) is 0 Å². The van der Waals surface area contributed by atoms with Gasteiger partial charge in [-0.25, -0.2) is 9.37 Å². The van der Waals surface area contributed by atoms with E-state index in [2.05, 4.69) is 90.8 Å². The highest BCUT2D eigenvalue weighted by atomic mass is 79.9. The molecule has 0 spiro atoms. The SMILES string of the molecule is CCc1cc(Nc2ncc(Br)c(Nc3ccc4nccnc4c3P(C)(C)=O)n2)c(OC)cc1N1CCC(N2CCN(CCC3CCN(c4ccc(NC5CCC(=O)NC5=O)c(F)c4)CC3)CC2)CC1. The molecule has 0 aliphatic carbocycles. The second-order valence-electron chi connectivity index (χ2n) is 19.0. The number of piperazine rings is 1. The Morgan fingerprint density at radius 3 is 2.30 bits per heavy atom. The van der Waals surface area contributed by atoms with Crippen molar-refractivity contribution in [1.82, 2.24) is 35.1 Å². The molecule has 0 radical (unpaired) electrons. The van der Waals surface area contributed by atoms with Crippen LogP contribution >= 0.6 is 23.1 Å². The number of imide groups is 1. The van der Waals surface area contributed by atoms with Crippen LogP contribution < -0.4 is 41.1 Å². The van der Waals surface area contributed by atoms with Gasteiger partial charge in [-0.15, -0.1) is 0 Å². The van der Waals surface area contributed by atoms with Gasteiger partial charge in [-0.05, 0) is 129 Å². The van der Waals surface area contributed by atoms with E-state index in [4.69, 9.17) is 9.72 Å². The molecule has 19 heteroatoms. The van der Waals surface area contributed by atoms with Crippen LogP contribution in [-0.4, -0.2) is 133 Å². The van der Waals surface area contributed by atoms with Crippen molar-refractivity contribution in [2.45, 2.75) is 70.4 Å². The molecule has 1 unspecified atom stereocenters. The topological polar surface area (TPSA) is 173 Å². The summed E-state index contributed by atoms with van der Waals surface area (Å²) in [5.74, 6) is 1.19. The van der Waals surface area contributed by atoms with E-state index in [0.717, 1.165) is 102 Å².